The summed E-state index contributed by atoms with van der Waals surface area (Å²) in [5.41, 5.74) is 1.62. The molecule has 0 saturated carbocycles. The highest BCUT2D eigenvalue weighted by Gasteiger charge is 1.97. The molecule has 0 radical (unpaired) electrons. The van der Waals surface area contributed by atoms with Crippen molar-refractivity contribution in [1.29, 1.82) is 0 Å². The van der Waals surface area contributed by atoms with Gasteiger partial charge in [0.05, 0.1) is 0 Å². The molecule has 0 fully saturated rings. The van der Waals surface area contributed by atoms with Crippen LogP contribution in [-0.2, 0) is 4.79 Å². The third kappa shape index (κ3) is 8.01. The Morgan fingerprint density at radius 3 is 2.33 bits per heavy atom. The zero-order chi connectivity index (χ0) is 9.23. The number of hydrogen-bond donors (Lipinski definition) is 2. The average Bonchev–Trinajstić information content (AvgIpc) is 2.10. The monoisotopic (exact) mass is 237 g/mol. The standard InChI is InChI=1S/C8H16BrNO2/c9-7-5-3-1-2-4-6-8(11)10-12/h12H,1-7H2,(H,10,11). The summed E-state index contributed by atoms with van der Waals surface area (Å²) in [6, 6.07) is 0. The van der Waals surface area contributed by atoms with Crippen LogP contribution in [0.2, 0.25) is 0 Å². The van der Waals surface area contributed by atoms with Gasteiger partial charge in [-0.05, 0) is 12.8 Å². The Balaban J connectivity index is 2.95. The van der Waals surface area contributed by atoms with Gasteiger partial charge in [0.15, 0.2) is 0 Å². The molecule has 12 heavy (non-hydrogen) atoms. The third-order valence-corrected chi connectivity index (χ3v) is 2.22. The van der Waals surface area contributed by atoms with Crippen molar-refractivity contribution >= 4 is 21.8 Å². The second-order valence-corrected chi connectivity index (χ2v) is 3.53. The molecule has 0 aliphatic heterocycles. The van der Waals surface area contributed by atoms with Gasteiger partial charge >= 0.3 is 0 Å². The molecule has 0 atom stereocenters. The van der Waals surface area contributed by atoms with Crippen LogP contribution in [-0.4, -0.2) is 16.4 Å². The highest BCUT2D eigenvalue weighted by molar-refractivity contribution is 9.09. The van der Waals surface area contributed by atoms with Gasteiger partial charge < -0.3 is 0 Å². The van der Waals surface area contributed by atoms with Gasteiger partial charge in [0, 0.05) is 11.8 Å². The molecule has 2 N–H and O–H groups in total. The Morgan fingerprint density at radius 2 is 1.75 bits per heavy atom. The topological polar surface area (TPSA) is 49.3 Å². The minimum atomic E-state index is -0.282. The highest BCUT2D eigenvalue weighted by atomic mass is 79.9. The Hall–Kier alpha value is -0.0900. The number of alkyl halides is 1. The van der Waals surface area contributed by atoms with E-state index < -0.39 is 0 Å². The number of unbranched alkanes of at least 4 members (excludes halogenated alkanes) is 4. The fraction of sp³-hybridized carbons (Fsp3) is 0.875. The lowest BCUT2D eigenvalue weighted by Gasteiger charge is -1.98. The first-order valence-electron chi connectivity index (χ1n) is 4.30. The van der Waals surface area contributed by atoms with Gasteiger partial charge in [0.2, 0.25) is 5.91 Å². The van der Waals surface area contributed by atoms with E-state index in [1.165, 1.54) is 19.3 Å². The molecule has 1 amide bonds. The van der Waals surface area contributed by atoms with Crippen molar-refractivity contribution < 1.29 is 10.0 Å². The summed E-state index contributed by atoms with van der Waals surface area (Å²) in [5, 5.41) is 9.23. The SMILES string of the molecule is O=C(CCCCCCCBr)NO. The second-order valence-electron chi connectivity index (χ2n) is 2.74. The van der Waals surface area contributed by atoms with Crippen LogP contribution in [0.3, 0.4) is 0 Å². The number of amides is 1. The van der Waals surface area contributed by atoms with Crippen LogP contribution >= 0.6 is 15.9 Å². The number of carbonyl (C=O) groups is 1. The lowest BCUT2D eigenvalue weighted by atomic mass is 10.1. The van der Waals surface area contributed by atoms with Crippen LogP contribution in [0.15, 0.2) is 0 Å². The molecule has 0 bridgehead atoms. The molecule has 0 aromatic carbocycles. The fourth-order valence-electron chi connectivity index (χ4n) is 0.966. The van der Waals surface area contributed by atoms with Crippen molar-refractivity contribution in [2.45, 2.75) is 38.5 Å². The molecular formula is C8H16BrNO2. The summed E-state index contributed by atoms with van der Waals surface area (Å²) in [7, 11) is 0. The Bertz CT molecular complexity index is 120. The molecule has 0 aliphatic rings. The van der Waals surface area contributed by atoms with E-state index in [0.29, 0.717) is 6.42 Å². The molecule has 0 heterocycles. The minimum absolute atomic E-state index is 0.282. The predicted octanol–water partition coefficient (Wildman–Crippen LogP) is 2.23. The zero-order valence-electron chi connectivity index (χ0n) is 7.18. The maximum absolute atomic E-state index is 10.5. The first-order chi connectivity index (χ1) is 5.81. The summed E-state index contributed by atoms with van der Waals surface area (Å²) in [6.45, 7) is 0. The molecule has 0 spiro atoms. The van der Waals surface area contributed by atoms with Gasteiger partial charge in [-0.1, -0.05) is 35.2 Å². The van der Waals surface area contributed by atoms with Crippen molar-refractivity contribution in [3.63, 3.8) is 0 Å². The Labute approximate surface area is 81.6 Å². The molecule has 0 rings (SSSR count). The quantitative estimate of drug-likeness (QED) is 0.309. The van der Waals surface area contributed by atoms with Gasteiger partial charge in [0.25, 0.3) is 0 Å². The molecule has 3 nitrogen and oxygen atoms in total. The number of hydrogen-bond acceptors (Lipinski definition) is 2. The largest absolute Gasteiger partial charge is 0.289 e. The van der Waals surface area contributed by atoms with Crippen LogP contribution in [0.4, 0.5) is 0 Å². The van der Waals surface area contributed by atoms with E-state index in [9.17, 15) is 4.79 Å². The van der Waals surface area contributed by atoms with E-state index in [2.05, 4.69) is 15.9 Å². The van der Waals surface area contributed by atoms with E-state index in [0.717, 1.165) is 18.2 Å². The third-order valence-electron chi connectivity index (χ3n) is 1.66. The molecule has 0 unspecified atom stereocenters. The molecule has 72 valence electrons. The van der Waals surface area contributed by atoms with Crippen molar-refractivity contribution in [3.8, 4) is 0 Å². The summed E-state index contributed by atoms with van der Waals surface area (Å²) in [5.74, 6) is -0.282. The van der Waals surface area contributed by atoms with Gasteiger partial charge in [0.1, 0.15) is 0 Å². The molecule has 0 aromatic heterocycles. The Kier molecular flexibility index (Phi) is 8.93. The Morgan fingerprint density at radius 1 is 1.17 bits per heavy atom. The van der Waals surface area contributed by atoms with Crippen molar-refractivity contribution in [2.75, 3.05) is 5.33 Å². The number of halogens is 1. The number of hydroxylamine groups is 1. The van der Waals surface area contributed by atoms with Crippen LogP contribution in [0.5, 0.6) is 0 Å². The van der Waals surface area contributed by atoms with Crippen LogP contribution in [0, 0.1) is 0 Å². The first-order valence-corrected chi connectivity index (χ1v) is 5.42. The van der Waals surface area contributed by atoms with Crippen molar-refractivity contribution in [3.05, 3.63) is 0 Å². The number of carbonyl (C=O) groups excluding carboxylic acids is 1. The first kappa shape index (κ1) is 11.9. The summed E-state index contributed by atoms with van der Waals surface area (Å²) in [6.07, 6.45) is 5.96. The lowest BCUT2D eigenvalue weighted by molar-refractivity contribution is -0.129. The molecule has 0 saturated heterocycles. The molecule has 0 aliphatic carbocycles. The molecule has 0 aromatic rings. The van der Waals surface area contributed by atoms with E-state index in [1.807, 2.05) is 0 Å². The van der Waals surface area contributed by atoms with Gasteiger partial charge in [-0.2, -0.15) is 0 Å². The zero-order valence-corrected chi connectivity index (χ0v) is 8.77. The second kappa shape index (κ2) is 9.00. The fourth-order valence-corrected chi connectivity index (χ4v) is 1.36. The lowest BCUT2D eigenvalue weighted by Crippen LogP contribution is -2.17. The summed E-state index contributed by atoms with van der Waals surface area (Å²) < 4.78 is 0. The van der Waals surface area contributed by atoms with Crippen LogP contribution in [0.25, 0.3) is 0 Å². The summed E-state index contributed by atoms with van der Waals surface area (Å²) in [4.78, 5) is 10.5. The van der Waals surface area contributed by atoms with Crippen LogP contribution in [0.1, 0.15) is 38.5 Å². The minimum Gasteiger partial charge on any atom is -0.289 e. The van der Waals surface area contributed by atoms with Crippen molar-refractivity contribution in [1.82, 2.24) is 5.48 Å². The van der Waals surface area contributed by atoms with E-state index >= 15 is 0 Å². The van der Waals surface area contributed by atoms with Gasteiger partial charge in [-0.25, -0.2) is 5.48 Å². The van der Waals surface area contributed by atoms with Gasteiger partial charge in [-0.15, -0.1) is 0 Å². The van der Waals surface area contributed by atoms with E-state index in [4.69, 9.17) is 5.21 Å². The smallest absolute Gasteiger partial charge is 0.243 e. The normalized spacial score (nSPS) is 9.83. The van der Waals surface area contributed by atoms with Crippen LogP contribution < -0.4 is 5.48 Å². The molecular weight excluding hydrogens is 222 g/mol. The highest BCUT2D eigenvalue weighted by Crippen LogP contribution is 2.06. The van der Waals surface area contributed by atoms with Crippen molar-refractivity contribution in [2.24, 2.45) is 0 Å². The maximum Gasteiger partial charge on any atom is 0.243 e. The van der Waals surface area contributed by atoms with Gasteiger partial charge in [-0.3, -0.25) is 10.0 Å². The summed E-state index contributed by atoms with van der Waals surface area (Å²) >= 11 is 3.36. The van der Waals surface area contributed by atoms with E-state index in [1.54, 1.807) is 5.48 Å². The number of nitrogens with one attached hydrogen (secondary N) is 1. The van der Waals surface area contributed by atoms with E-state index in [-0.39, 0.29) is 5.91 Å². The molecule has 4 heteroatoms. The maximum atomic E-state index is 10.5. The average molecular weight is 238 g/mol. The number of rotatable bonds is 7. The predicted molar refractivity (Wildman–Crippen MR) is 51.4 cm³/mol.